The van der Waals surface area contributed by atoms with Crippen molar-refractivity contribution in [2.75, 3.05) is 18.0 Å². The molecule has 1 atom stereocenters. The summed E-state index contributed by atoms with van der Waals surface area (Å²) in [6.45, 7) is 4.35. The lowest BCUT2D eigenvalue weighted by atomic mass is 10.1. The Morgan fingerprint density at radius 3 is 2.95 bits per heavy atom. The van der Waals surface area contributed by atoms with Crippen LogP contribution in [-0.4, -0.2) is 31.1 Å². The molecule has 114 valence electrons. The van der Waals surface area contributed by atoms with Crippen molar-refractivity contribution in [3.8, 4) is 0 Å². The van der Waals surface area contributed by atoms with Crippen LogP contribution in [0.5, 0.6) is 0 Å². The predicted octanol–water partition coefficient (Wildman–Crippen LogP) is 2.31. The van der Waals surface area contributed by atoms with Crippen LogP contribution in [0.1, 0.15) is 31.7 Å². The minimum Gasteiger partial charge on any atom is -0.357 e. The molecule has 0 spiro atoms. The minimum absolute atomic E-state index is 0.100. The number of anilines is 1. The van der Waals surface area contributed by atoms with E-state index in [4.69, 9.17) is 11.6 Å². The van der Waals surface area contributed by atoms with Gasteiger partial charge in [-0.2, -0.15) is 0 Å². The smallest absolute Gasteiger partial charge is 0.242 e. The Balaban J connectivity index is 1.88. The van der Waals surface area contributed by atoms with Gasteiger partial charge in [0.15, 0.2) is 0 Å². The molecule has 1 heterocycles. The second kappa shape index (κ2) is 6.24. The maximum atomic E-state index is 12.1. The van der Waals surface area contributed by atoms with Crippen LogP contribution in [-0.2, 0) is 11.3 Å². The van der Waals surface area contributed by atoms with Crippen molar-refractivity contribution in [3.05, 3.63) is 28.8 Å². The topological polar surface area (TPSA) is 44.4 Å². The highest BCUT2D eigenvalue weighted by Gasteiger charge is 2.30. The van der Waals surface area contributed by atoms with Crippen LogP contribution < -0.4 is 15.5 Å². The average Bonchev–Trinajstić information content (AvgIpc) is 3.29. The fourth-order valence-corrected chi connectivity index (χ4v) is 3.17. The first kappa shape index (κ1) is 14.7. The van der Waals surface area contributed by atoms with Gasteiger partial charge in [0.1, 0.15) is 6.04 Å². The number of hydrogen-bond donors (Lipinski definition) is 2. The molecule has 5 heteroatoms. The predicted molar refractivity (Wildman–Crippen MR) is 85.7 cm³/mol. The van der Waals surface area contributed by atoms with Gasteiger partial charge in [-0.1, -0.05) is 24.6 Å². The summed E-state index contributed by atoms with van der Waals surface area (Å²) >= 11 is 6.41. The molecule has 2 fully saturated rings. The van der Waals surface area contributed by atoms with E-state index in [0.717, 1.165) is 35.8 Å². The van der Waals surface area contributed by atoms with Crippen LogP contribution in [0.15, 0.2) is 18.2 Å². The monoisotopic (exact) mass is 307 g/mol. The fourth-order valence-electron chi connectivity index (χ4n) is 2.93. The lowest BCUT2D eigenvalue weighted by Gasteiger charge is -2.37. The first-order valence-electron chi connectivity index (χ1n) is 7.76. The molecule has 1 saturated carbocycles. The number of halogens is 1. The zero-order valence-electron chi connectivity index (χ0n) is 12.4. The Labute approximate surface area is 130 Å². The number of carbonyl (C=O) groups is 1. The van der Waals surface area contributed by atoms with Crippen LogP contribution in [0.2, 0.25) is 5.02 Å². The standard InChI is InChI=1S/C16H22ClN3O/c1-2-14-16(21)18-8-9-20(14)15-5-3-4-13(17)12(15)10-19-11-6-7-11/h3-5,11,14,19H,2,6-10H2,1H3,(H,18,21). The second-order valence-corrected chi connectivity index (χ2v) is 6.21. The molecule has 4 nitrogen and oxygen atoms in total. The molecule has 2 N–H and O–H groups in total. The van der Waals surface area contributed by atoms with E-state index < -0.39 is 0 Å². The summed E-state index contributed by atoms with van der Waals surface area (Å²) in [5, 5.41) is 7.25. The molecule has 1 aromatic rings. The summed E-state index contributed by atoms with van der Waals surface area (Å²) in [4.78, 5) is 14.3. The summed E-state index contributed by atoms with van der Waals surface area (Å²) in [7, 11) is 0. The van der Waals surface area contributed by atoms with E-state index in [1.165, 1.54) is 12.8 Å². The fraction of sp³-hybridized carbons (Fsp3) is 0.562. The lowest BCUT2D eigenvalue weighted by Crippen LogP contribution is -2.55. The van der Waals surface area contributed by atoms with Crippen LogP contribution in [0.25, 0.3) is 0 Å². The van der Waals surface area contributed by atoms with Crippen molar-refractivity contribution in [2.45, 2.75) is 44.8 Å². The molecule has 0 aromatic heterocycles. The molecule has 2 aliphatic rings. The Hall–Kier alpha value is -1.26. The molecule has 1 unspecified atom stereocenters. The first-order valence-corrected chi connectivity index (χ1v) is 8.13. The van der Waals surface area contributed by atoms with Crippen LogP contribution in [0.4, 0.5) is 5.69 Å². The highest BCUT2D eigenvalue weighted by atomic mass is 35.5. The normalized spacial score (nSPS) is 22.3. The Morgan fingerprint density at radius 1 is 1.43 bits per heavy atom. The minimum atomic E-state index is -0.100. The molecular weight excluding hydrogens is 286 g/mol. The van der Waals surface area contributed by atoms with Crippen molar-refractivity contribution >= 4 is 23.2 Å². The van der Waals surface area contributed by atoms with Gasteiger partial charge in [0.2, 0.25) is 5.91 Å². The molecule has 1 aromatic carbocycles. The van der Waals surface area contributed by atoms with Gasteiger partial charge in [0.25, 0.3) is 0 Å². The molecular formula is C16H22ClN3O. The Bertz CT molecular complexity index is 530. The number of amides is 1. The third-order valence-corrected chi connectivity index (χ3v) is 4.62. The molecule has 1 aliphatic carbocycles. The van der Waals surface area contributed by atoms with E-state index in [1.807, 2.05) is 12.1 Å². The van der Waals surface area contributed by atoms with Crippen molar-refractivity contribution in [3.63, 3.8) is 0 Å². The largest absolute Gasteiger partial charge is 0.357 e. The van der Waals surface area contributed by atoms with Crippen molar-refractivity contribution in [1.29, 1.82) is 0 Å². The summed E-state index contributed by atoms with van der Waals surface area (Å²) in [6.07, 6.45) is 3.31. The van der Waals surface area contributed by atoms with Crippen LogP contribution in [0, 0.1) is 0 Å². The maximum absolute atomic E-state index is 12.1. The van der Waals surface area contributed by atoms with Gasteiger partial charge in [-0.25, -0.2) is 0 Å². The zero-order valence-corrected chi connectivity index (χ0v) is 13.1. The van der Waals surface area contributed by atoms with Gasteiger partial charge in [0, 0.05) is 41.9 Å². The van der Waals surface area contributed by atoms with Gasteiger partial charge >= 0.3 is 0 Å². The molecule has 0 bridgehead atoms. The third-order valence-electron chi connectivity index (χ3n) is 4.27. The number of hydrogen-bond acceptors (Lipinski definition) is 3. The van der Waals surface area contributed by atoms with Gasteiger partial charge in [-0.05, 0) is 31.4 Å². The van der Waals surface area contributed by atoms with E-state index >= 15 is 0 Å². The number of rotatable bonds is 5. The molecule has 0 radical (unpaired) electrons. The van der Waals surface area contributed by atoms with Gasteiger partial charge in [-0.15, -0.1) is 0 Å². The van der Waals surface area contributed by atoms with Gasteiger partial charge in [-0.3, -0.25) is 4.79 Å². The van der Waals surface area contributed by atoms with Crippen molar-refractivity contribution in [2.24, 2.45) is 0 Å². The summed E-state index contributed by atoms with van der Waals surface area (Å²) in [6, 6.07) is 6.52. The second-order valence-electron chi connectivity index (χ2n) is 5.80. The summed E-state index contributed by atoms with van der Waals surface area (Å²) in [5.74, 6) is 0.116. The average molecular weight is 308 g/mol. The molecule has 21 heavy (non-hydrogen) atoms. The van der Waals surface area contributed by atoms with Gasteiger partial charge < -0.3 is 15.5 Å². The van der Waals surface area contributed by atoms with E-state index in [1.54, 1.807) is 0 Å². The number of carbonyl (C=O) groups excluding carboxylic acids is 1. The number of nitrogens with one attached hydrogen (secondary N) is 2. The zero-order chi connectivity index (χ0) is 14.8. The number of benzene rings is 1. The summed E-state index contributed by atoms with van der Waals surface area (Å²) < 4.78 is 0. The molecule has 3 rings (SSSR count). The van der Waals surface area contributed by atoms with E-state index in [-0.39, 0.29) is 11.9 Å². The van der Waals surface area contributed by atoms with Crippen LogP contribution >= 0.6 is 11.6 Å². The van der Waals surface area contributed by atoms with Crippen molar-refractivity contribution < 1.29 is 4.79 Å². The maximum Gasteiger partial charge on any atom is 0.242 e. The number of nitrogens with zero attached hydrogens (tertiary/aromatic N) is 1. The van der Waals surface area contributed by atoms with Crippen molar-refractivity contribution in [1.82, 2.24) is 10.6 Å². The quantitative estimate of drug-likeness (QED) is 0.877. The SMILES string of the molecule is CCC1C(=O)NCCN1c1cccc(Cl)c1CNC1CC1. The summed E-state index contributed by atoms with van der Waals surface area (Å²) in [5.41, 5.74) is 2.21. The Kier molecular flexibility index (Phi) is 4.36. The van der Waals surface area contributed by atoms with E-state index in [2.05, 4.69) is 28.5 Å². The van der Waals surface area contributed by atoms with Gasteiger partial charge in [0.05, 0.1) is 0 Å². The van der Waals surface area contributed by atoms with E-state index in [9.17, 15) is 4.79 Å². The Morgan fingerprint density at radius 2 is 2.24 bits per heavy atom. The highest BCUT2D eigenvalue weighted by Crippen LogP contribution is 2.31. The van der Waals surface area contributed by atoms with Crippen LogP contribution in [0.3, 0.4) is 0 Å². The molecule has 1 aliphatic heterocycles. The first-order chi connectivity index (χ1) is 10.2. The highest BCUT2D eigenvalue weighted by molar-refractivity contribution is 6.31. The molecule has 1 saturated heterocycles. The molecule has 1 amide bonds. The number of piperazine rings is 1. The van der Waals surface area contributed by atoms with E-state index in [0.29, 0.717) is 12.6 Å². The lowest BCUT2D eigenvalue weighted by molar-refractivity contribution is -0.123. The third kappa shape index (κ3) is 3.16.